The van der Waals surface area contributed by atoms with Gasteiger partial charge >= 0.3 is 0 Å². The number of carbonyl (C=O) groups excluding carboxylic acids is 2. The summed E-state index contributed by atoms with van der Waals surface area (Å²) in [5, 5.41) is 3.37. The molecule has 106 valence electrons. The SMILES string of the molecule is O=C(CN1CCC(NC2CC2)C1=O)N1CCCCC1. The highest BCUT2D eigenvalue weighted by molar-refractivity contribution is 5.89. The molecule has 0 spiro atoms. The van der Waals surface area contributed by atoms with E-state index in [2.05, 4.69) is 5.32 Å². The predicted molar refractivity (Wildman–Crippen MR) is 71.6 cm³/mol. The van der Waals surface area contributed by atoms with Crippen molar-refractivity contribution in [3.05, 3.63) is 0 Å². The van der Waals surface area contributed by atoms with E-state index in [1.54, 1.807) is 4.90 Å². The maximum Gasteiger partial charge on any atom is 0.242 e. The van der Waals surface area contributed by atoms with E-state index in [0.717, 1.165) is 38.9 Å². The van der Waals surface area contributed by atoms with Crippen molar-refractivity contribution in [2.45, 2.75) is 50.6 Å². The maximum atomic E-state index is 12.2. The van der Waals surface area contributed by atoms with Gasteiger partial charge in [0.2, 0.25) is 11.8 Å². The standard InChI is InChI=1S/C14H23N3O2/c18-13(16-7-2-1-3-8-16)10-17-9-6-12(14(17)19)15-11-4-5-11/h11-12,15H,1-10H2. The number of likely N-dealkylation sites (tertiary alicyclic amines) is 2. The van der Waals surface area contributed by atoms with Gasteiger partial charge in [0.1, 0.15) is 0 Å². The van der Waals surface area contributed by atoms with Crippen molar-refractivity contribution in [2.75, 3.05) is 26.2 Å². The van der Waals surface area contributed by atoms with Crippen molar-refractivity contribution in [3.8, 4) is 0 Å². The number of nitrogens with zero attached hydrogens (tertiary/aromatic N) is 2. The van der Waals surface area contributed by atoms with Crippen LogP contribution in [-0.4, -0.2) is 59.9 Å². The summed E-state index contributed by atoms with van der Waals surface area (Å²) < 4.78 is 0. The van der Waals surface area contributed by atoms with Crippen LogP contribution in [0.3, 0.4) is 0 Å². The summed E-state index contributed by atoms with van der Waals surface area (Å²) in [6.45, 7) is 2.74. The van der Waals surface area contributed by atoms with E-state index in [0.29, 0.717) is 6.04 Å². The van der Waals surface area contributed by atoms with Crippen molar-refractivity contribution < 1.29 is 9.59 Å². The summed E-state index contributed by atoms with van der Waals surface area (Å²) in [6.07, 6.45) is 6.66. The number of hydrogen-bond donors (Lipinski definition) is 1. The van der Waals surface area contributed by atoms with Gasteiger partial charge in [-0.3, -0.25) is 9.59 Å². The summed E-state index contributed by atoms with van der Waals surface area (Å²) >= 11 is 0. The summed E-state index contributed by atoms with van der Waals surface area (Å²) in [6, 6.07) is 0.508. The minimum absolute atomic E-state index is 0.0401. The van der Waals surface area contributed by atoms with Crippen molar-refractivity contribution in [1.82, 2.24) is 15.1 Å². The Labute approximate surface area is 114 Å². The maximum absolute atomic E-state index is 12.2. The fourth-order valence-electron chi connectivity index (χ4n) is 2.99. The van der Waals surface area contributed by atoms with Crippen LogP contribution < -0.4 is 5.32 Å². The van der Waals surface area contributed by atoms with Crippen molar-refractivity contribution in [1.29, 1.82) is 0 Å². The zero-order valence-electron chi connectivity index (χ0n) is 11.4. The Hall–Kier alpha value is -1.10. The third-order valence-electron chi connectivity index (χ3n) is 4.35. The Kier molecular flexibility index (Phi) is 3.73. The lowest BCUT2D eigenvalue weighted by molar-refractivity contribution is -0.139. The second kappa shape index (κ2) is 5.49. The fourth-order valence-corrected chi connectivity index (χ4v) is 2.99. The largest absolute Gasteiger partial charge is 0.341 e. The van der Waals surface area contributed by atoms with E-state index in [9.17, 15) is 9.59 Å². The van der Waals surface area contributed by atoms with E-state index < -0.39 is 0 Å². The average molecular weight is 265 g/mol. The van der Waals surface area contributed by atoms with Crippen LogP contribution in [0.4, 0.5) is 0 Å². The number of nitrogens with one attached hydrogen (secondary N) is 1. The smallest absolute Gasteiger partial charge is 0.242 e. The third-order valence-corrected chi connectivity index (χ3v) is 4.35. The van der Waals surface area contributed by atoms with Crippen LogP contribution in [-0.2, 0) is 9.59 Å². The van der Waals surface area contributed by atoms with Gasteiger partial charge in [-0.15, -0.1) is 0 Å². The molecule has 2 amide bonds. The predicted octanol–water partition coefficient (Wildman–Crippen LogP) is 0.352. The molecule has 5 heteroatoms. The lowest BCUT2D eigenvalue weighted by Crippen LogP contribution is -2.45. The first kappa shape index (κ1) is 12.9. The lowest BCUT2D eigenvalue weighted by Gasteiger charge is -2.28. The molecule has 2 heterocycles. The highest BCUT2D eigenvalue weighted by Crippen LogP contribution is 2.22. The molecule has 1 atom stereocenters. The fraction of sp³-hybridized carbons (Fsp3) is 0.857. The highest BCUT2D eigenvalue weighted by Gasteiger charge is 2.36. The van der Waals surface area contributed by atoms with Crippen LogP contribution >= 0.6 is 0 Å². The second-order valence-electron chi connectivity index (χ2n) is 5.98. The molecule has 3 fully saturated rings. The summed E-state index contributed by atoms with van der Waals surface area (Å²) in [4.78, 5) is 28.0. The molecule has 1 unspecified atom stereocenters. The van der Waals surface area contributed by atoms with Gasteiger partial charge in [0.05, 0.1) is 12.6 Å². The molecule has 1 N–H and O–H groups in total. The zero-order chi connectivity index (χ0) is 13.2. The summed E-state index contributed by atoms with van der Waals surface area (Å²) in [7, 11) is 0. The van der Waals surface area contributed by atoms with E-state index >= 15 is 0 Å². The van der Waals surface area contributed by atoms with Crippen molar-refractivity contribution in [2.24, 2.45) is 0 Å². The molecule has 3 aliphatic rings. The summed E-state index contributed by atoms with van der Waals surface area (Å²) in [5.74, 6) is 0.248. The molecule has 5 nitrogen and oxygen atoms in total. The van der Waals surface area contributed by atoms with Crippen LogP contribution in [0.15, 0.2) is 0 Å². The summed E-state index contributed by atoms with van der Waals surface area (Å²) in [5.41, 5.74) is 0. The Morgan fingerprint density at radius 2 is 1.84 bits per heavy atom. The van der Waals surface area contributed by atoms with Gasteiger partial charge in [0, 0.05) is 25.7 Å². The molecule has 0 aromatic rings. The molecule has 19 heavy (non-hydrogen) atoms. The number of amides is 2. The molecular formula is C14H23N3O2. The Balaban J connectivity index is 1.49. The van der Waals surface area contributed by atoms with Gasteiger partial charge in [-0.25, -0.2) is 0 Å². The Morgan fingerprint density at radius 1 is 1.11 bits per heavy atom. The van der Waals surface area contributed by atoms with Crippen LogP contribution in [0.2, 0.25) is 0 Å². The molecule has 1 saturated carbocycles. The third kappa shape index (κ3) is 3.08. The average Bonchev–Trinajstić information content (AvgIpc) is 3.19. The Bertz CT molecular complexity index is 362. The van der Waals surface area contributed by atoms with Gasteiger partial charge < -0.3 is 15.1 Å². The minimum Gasteiger partial charge on any atom is -0.341 e. The number of carbonyl (C=O) groups is 2. The minimum atomic E-state index is -0.0401. The molecule has 0 aromatic heterocycles. The van der Waals surface area contributed by atoms with Crippen LogP contribution in [0.25, 0.3) is 0 Å². The first-order chi connectivity index (χ1) is 9.24. The van der Waals surface area contributed by atoms with E-state index in [4.69, 9.17) is 0 Å². The van der Waals surface area contributed by atoms with E-state index in [-0.39, 0.29) is 24.4 Å². The molecule has 0 bridgehead atoms. The van der Waals surface area contributed by atoms with Crippen LogP contribution in [0, 0.1) is 0 Å². The van der Waals surface area contributed by atoms with Gasteiger partial charge in [0.25, 0.3) is 0 Å². The van der Waals surface area contributed by atoms with Gasteiger partial charge in [0.15, 0.2) is 0 Å². The normalized spacial score (nSPS) is 28.0. The first-order valence-electron chi connectivity index (χ1n) is 7.56. The number of hydrogen-bond acceptors (Lipinski definition) is 3. The second-order valence-corrected chi connectivity index (χ2v) is 5.98. The lowest BCUT2D eigenvalue weighted by atomic mass is 10.1. The van der Waals surface area contributed by atoms with Gasteiger partial charge in [-0.05, 0) is 38.5 Å². The number of rotatable bonds is 4. The molecule has 2 aliphatic heterocycles. The van der Waals surface area contributed by atoms with E-state index in [1.165, 1.54) is 19.3 Å². The van der Waals surface area contributed by atoms with Crippen molar-refractivity contribution in [3.63, 3.8) is 0 Å². The molecular weight excluding hydrogens is 242 g/mol. The molecule has 0 aromatic carbocycles. The quantitative estimate of drug-likeness (QED) is 0.798. The monoisotopic (exact) mass is 265 g/mol. The van der Waals surface area contributed by atoms with Crippen LogP contribution in [0.1, 0.15) is 38.5 Å². The van der Waals surface area contributed by atoms with Gasteiger partial charge in [-0.2, -0.15) is 0 Å². The van der Waals surface area contributed by atoms with Crippen LogP contribution in [0.5, 0.6) is 0 Å². The van der Waals surface area contributed by atoms with Crippen molar-refractivity contribution >= 4 is 11.8 Å². The first-order valence-corrected chi connectivity index (χ1v) is 7.56. The topological polar surface area (TPSA) is 52.7 Å². The highest BCUT2D eigenvalue weighted by atomic mass is 16.2. The van der Waals surface area contributed by atoms with E-state index in [1.807, 2.05) is 4.90 Å². The molecule has 1 aliphatic carbocycles. The van der Waals surface area contributed by atoms with Gasteiger partial charge in [-0.1, -0.05) is 0 Å². The Morgan fingerprint density at radius 3 is 2.53 bits per heavy atom. The zero-order valence-corrected chi connectivity index (χ0v) is 11.4. The molecule has 0 radical (unpaired) electrons. The molecule has 3 rings (SSSR count). The molecule has 2 saturated heterocycles. The number of piperidine rings is 1.